The zero-order valence-corrected chi connectivity index (χ0v) is 24.6. The van der Waals surface area contributed by atoms with E-state index in [1.54, 1.807) is 0 Å². The van der Waals surface area contributed by atoms with Gasteiger partial charge in [-0.15, -0.1) is 0 Å². The normalized spacial score (nSPS) is 11.6. The van der Waals surface area contributed by atoms with Crippen LogP contribution in [0, 0.1) is 20.8 Å². The van der Waals surface area contributed by atoms with Crippen LogP contribution in [0.5, 0.6) is 0 Å². The van der Waals surface area contributed by atoms with Gasteiger partial charge in [0.05, 0.1) is 11.0 Å². The van der Waals surface area contributed by atoms with Gasteiger partial charge in [-0.2, -0.15) is 0 Å². The molecule has 0 bridgehead atoms. The fraction of sp³-hybridized carbons (Fsp3) is 0.0714. The highest BCUT2D eigenvalue weighted by Crippen LogP contribution is 2.41. The van der Waals surface area contributed by atoms with E-state index in [1.807, 2.05) is 0 Å². The van der Waals surface area contributed by atoms with Crippen molar-refractivity contribution < 1.29 is 0 Å². The fourth-order valence-electron chi connectivity index (χ4n) is 7.07. The number of hydrogen-bond acceptors (Lipinski definition) is 1. The second kappa shape index (κ2) is 9.93. The molecule has 0 fully saturated rings. The first-order valence-electron chi connectivity index (χ1n) is 15.0. The van der Waals surface area contributed by atoms with E-state index in [0.717, 1.165) is 11.0 Å². The molecule has 7 aromatic carbocycles. The molecule has 43 heavy (non-hydrogen) atoms. The Labute approximate surface area is 252 Å². The summed E-state index contributed by atoms with van der Waals surface area (Å²) in [6, 6.07) is 48.7. The first-order valence-corrected chi connectivity index (χ1v) is 15.0. The molecule has 1 aromatic heterocycles. The zero-order chi connectivity index (χ0) is 29.1. The molecule has 204 valence electrons. The Morgan fingerprint density at radius 3 is 1.37 bits per heavy atom. The summed E-state index contributed by atoms with van der Waals surface area (Å²) in [6.45, 7) is 6.61. The molecule has 0 radical (unpaired) electrons. The van der Waals surface area contributed by atoms with E-state index < -0.39 is 0 Å². The van der Waals surface area contributed by atoms with Gasteiger partial charge in [-0.3, -0.25) is 0 Å². The van der Waals surface area contributed by atoms with Crippen LogP contribution in [0.15, 0.2) is 133 Å². The maximum absolute atomic E-state index is 5.37. The van der Waals surface area contributed by atoms with Crippen molar-refractivity contribution in [2.24, 2.45) is 0 Å². The van der Waals surface area contributed by atoms with Crippen LogP contribution in [0.4, 0.5) is 0 Å². The van der Waals surface area contributed by atoms with Gasteiger partial charge in [0.1, 0.15) is 0 Å². The van der Waals surface area contributed by atoms with Crippen LogP contribution in [0.25, 0.3) is 76.7 Å². The quantitative estimate of drug-likeness (QED) is 0.158. The molecule has 8 aromatic rings. The van der Waals surface area contributed by atoms with Crippen molar-refractivity contribution in [2.75, 3.05) is 0 Å². The lowest BCUT2D eigenvalue weighted by Crippen LogP contribution is -1.92. The molecular formula is C42H31N. The maximum Gasteiger partial charge on any atom is 0.0794 e. The lowest BCUT2D eigenvalue weighted by atomic mass is 9.89. The average Bonchev–Trinajstić information content (AvgIpc) is 3.03. The Kier molecular flexibility index (Phi) is 5.87. The molecule has 0 saturated carbocycles. The van der Waals surface area contributed by atoms with Crippen molar-refractivity contribution >= 4 is 43.4 Å². The molecule has 0 saturated heterocycles. The van der Waals surface area contributed by atoms with Crippen molar-refractivity contribution in [1.29, 1.82) is 0 Å². The van der Waals surface area contributed by atoms with Crippen molar-refractivity contribution in [2.45, 2.75) is 20.8 Å². The third-order valence-electron chi connectivity index (χ3n) is 8.88. The number of aromatic nitrogens is 1. The largest absolute Gasteiger partial charge is 0.246 e. The third kappa shape index (κ3) is 4.20. The molecule has 1 nitrogen and oxygen atoms in total. The van der Waals surface area contributed by atoms with Gasteiger partial charge in [0.15, 0.2) is 0 Å². The molecule has 0 amide bonds. The predicted octanol–water partition coefficient (Wildman–Crippen LogP) is 11.6. The van der Waals surface area contributed by atoms with Gasteiger partial charge >= 0.3 is 0 Å². The molecular weight excluding hydrogens is 518 g/mol. The van der Waals surface area contributed by atoms with Gasteiger partial charge in [-0.1, -0.05) is 127 Å². The van der Waals surface area contributed by atoms with Crippen LogP contribution in [0.3, 0.4) is 0 Å². The van der Waals surface area contributed by atoms with Gasteiger partial charge in [-0.05, 0) is 82.6 Å². The number of pyridine rings is 1. The van der Waals surface area contributed by atoms with Crippen molar-refractivity contribution in [3.63, 3.8) is 0 Å². The third-order valence-corrected chi connectivity index (χ3v) is 8.88. The number of benzene rings is 7. The number of nitrogens with zero attached hydrogens (tertiary/aromatic N) is 1. The average molecular weight is 550 g/mol. The molecule has 1 heteroatoms. The maximum atomic E-state index is 5.37. The van der Waals surface area contributed by atoms with Gasteiger partial charge in [0.25, 0.3) is 0 Å². The minimum Gasteiger partial charge on any atom is -0.246 e. The molecule has 0 aliphatic carbocycles. The molecule has 0 N–H and O–H groups in total. The first-order chi connectivity index (χ1) is 21.0. The summed E-state index contributed by atoms with van der Waals surface area (Å²) in [6.07, 6.45) is 0. The van der Waals surface area contributed by atoms with Gasteiger partial charge < -0.3 is 0 Å². The van der Waals surface area contributed by atoms with E-state index in [-0.39, 0.29) is 0 Å². The second-order valence-corrected chi connectivity index (χ2v) is 11.8. The van der Waals surface area contributed by atoms with Crippen LogP contribution in [-0.2, 0) is 0 Å². The number of rotatable bonds is 3. The van der Waals surface area contributed by atoms with Crippen LogP contribution >= 0.6 is 0 Å². The Morgan fingerprint density at radius 2 is 0.837 bits per heavy atom. The second-order valence-electron chi connectivity index (χ2n) is 11.8. The summed E-state index contributed by atoms with van der Waals surface area (Å²) in [5.74, 6) is 0. The summed E-state index contributed by atoms with van der Waals surface area (Å²) in [5.41, 5.74) is 13.5. The molecule has 8 rings (SSSR count). The summed E-state index contributed by atoms with van der Waals surface area (Å²) in [7, 11) is 0. The minimum absolute atomic E-state index is 1.05. The van der Waals surface area contributed by atoms with Crippen molar-refractivity contribution in [1.82, 2.24) is 4.98 Å². The topological polar surface area (TPSA) is 12.9 Å². The number of fused-ring (bicyclic) bond motifs is 6. The molecule has 1 heterocycles. The van der Waals surface area contributed by atoms with E-state index in [2.05, 4.69) is 154 Å². The molecule has 0 atom stereocenters. The van der Waals surface area contributed by atoms with Gasteiger partial charge in [0.2, 0.25) is 0 Å². The predicted molar refractivity (Wildman–Crippen MR) is 185 cm³/mol. The van der Waals surface area contributed by atoms with E-state index in [4.69, 9.17) is 4.98 Å². The highest BCUT2D eigenvalue weighted by atomic mass is 14.7. The lowest BCUT2D eigenvalue weighted by molar-refractivity contribution is 1.32. The highest BCUT2D eigenvalue weighted by molar-refractivity contribution is 6.21. The SMILES string of the molecule is Cc1cc(C)c(-c2cccc(-c3cccc(-c4c5ccc6ccccc6c5nc5c4ccc4ccccc45)c3)c2)c(C)c1. The molecule has 0 spiro atoms. The van der Waals surface area contributed by atoms with E-state index in [9.17, 15) is 0 Å². The standard InChI is InChI=1S/C42H31N/c1-26-22-27(2)39(28(3)23-26)33-14-8-12-31(24-33)32-13-9-15-34(25-32)40-37-20-18-29-10-4-6-16-35(29)41(37)43-42-36-17-7-5-11-30(36)19-21-38(40)42/h4-25H,1-3H3. The number of hydrogen-bond donors (Lipinski definition) is 0. The van der Waals surface area contributed by atoms with Crippen molar-refractivity contribution in [3.05, 3.63) is 150 Å². The highest BCUT2D eigenvalue weighted by Gasteiger charge is 2.16. The van der Waals surface area contributed by atoms with Crippen LogP contribution in [0.1, 0.15) is 16.7 Å². The molecule has 0 unspecified atom stereocenters. The number of aryl methyl sites for hydroxylation is 3. The Hall–Kier alpha value is -5.27. The van der Waals surface area contributed by atoms with Crippen LogP contribution < -0.4 is 0 Å². The Morgan fingerprint density at radius 1 is 0.372 bits per heavy atom. The minimum atomic E-state index is 1.05. The Balaban J connectivity index is 1.38. The van der Waals surface area contributed by atoms with Crippen molar-refractivity contribution in [3.8, 4) is 33.4 Å². The van der Waals surface area contributed by atoms with E-state index in [0.29, 0.717) is 0 Å². The zero-order valence-electron chi connectivity index (χ0n) is 24.6. The summed E-state index contributed by atoms with van der Waals surface area (Å²) in [5, 5.41) is 7.14. The van der Waals surface area contributed by atoms with Crippen LogP contribution in [0.2, 0.25) is 0 Å². The smallest absolute Gasteiger partial charge is 0.0794 e. The summed E-state index contributed by atoms with van der Waals surface area (Å²) < 4.78 is 0. The fourth-order valence-corrected chi connectivity index (χ4v) is 7.07. The van der Waals surface area contributed by atoms with Gasteiger partial charge in [0, 0.05) is 27.1 Å². The van der Waals surface area contributed by atoms with Crippen LogP contribution in [-0.4, -0.2) is 4.98 Å². The lowest BCUT2D eigenvalue weighted by Gasteiger charge is -2.16. The first kappa shape index (κ1) is 25.4. The Bertz CT molecular complexity index is 2260. The monoisotopic (exact) mass is 549 g/mol. The summed E-state index contributed by atoms with van der Waals surface area (Å²) in [4.78, 5) is 5.37. The van der Waals surface area contributed by atoms with E-state index >= 15 is 0 Å². The molecule has 0 aliphatic heterocycles. The van der Waals surface area contributed by atoms with Gasteiger partial charge in [-0.25, -0.2) is 4.98 Å². The van der Waals surface area contributed by atoms with E-state index in [1.165, 1.54) is 82.4 Å². The summed E-state index contributed by atoms with van der Waals surface area (Å²) >= 11 is 0. The molecule has 0 aliphatic rings.